The summed E-state index contributed by atoms with van der Waals surface area (Å²) in [6.07, 6.45) is -1.28. The van der Waals surface area contributed by atoms with Gasteiger partial charge in [-0.3, -0.25) is 4.79 Å². The van der Waals surface area contributed by atoms with Gasteiger partial charge < -0.3 is 14.8 Å². The van der Waals surface area contributed by atoms with Crippen molar-refractivity contribution in [3.8, 4) is 11.5 Å². The number of hydrogen-bond acceptors (Lipinski definition) is 5. The minimum atomic E-state index is -3.57. The summed E-state index contributed by atoms with van der Waals surface area (Å²) in [5.74, 6) is 0.749. The summed E-state index contributed by atoms with van der Waals surface area (Å²) < 4.78 is 37.9. The maximum Gasteiger partial charge on any atom is 0.269 e. The van der Waals surface area contributed by atoms with E-state index in [0.717, 1.165) is 0 Å². The zero-order valence-corrected chi connectivity index (χ0v) is 17.1. The van der Waals surface area contributed by atoms with Crippen LogP contribution in [0.15, 0.2) is 53.4 Å². The molecule has 0 saturated heterocycles. The lowest BCUT2D eigenvalue weighted by Gasteiger charge is -2.31. The van der Waals surface area contributed by atoms with E-state index in [1.807, 2.05) is 6.07 Å². The van der Waals surface area contributed by atoms with E-state index in [0.29, 0.717) is 17.2 Å². The van der Waals surface area contributed by atoms with Gasteiger partial charge in [-0.25, -0.2) is 8.42 Å². The fraction of sp³-hybridized carbons (Fsp3) is 0.350. The first-order chi connectivity index (χ1) is 13.2. The topological polar surface area (TPSA) is 84.9 Å². The summed E-state index contributed by atoms with van der Waals surface area (Å²) in [5.41, 5.74) is 0.478. The molecule has 2 aromatic rings. The van der Waals surface area contributed by atoms with E-state index in [1.54, 1.807) is 51.1 Å². The fourth-order valence-corrected chi connectivity index (χ4v) is 4.14. The van der Waals surface area contributed by atoms with E-state index in [4.69, 9.17) is 9.47 Å². The van der Waals surface area contributed by atoms with Gasteiger partial charge in [-0.1, -0.05) is 12.1 Å². The molecule has 1 amide bonds. The van der Waals surface area contributed by atoms with Gasteiger partial charge in [-0.05, 0) is 57.2 Å². The van der Waals surface area contributed by atoms with Crippen LogP contribution < -0.4 is 14.8 Å². The summed E-state index contributed by atoms with van der Waals surface area (Å²) in [4.78, 5) is 12.8. The molecular weight excluding hydrogens is 380 g/mol. The minimum Gasteiger partial charge on any atom is -0.482 e. The van der Waals surface area contributed by atoms with Gasteiger partial charge in [0.2, 0.25) is 16.1 Å². The van der Waals surface area contributed by atoms with E-state index in [9.17, 15) is 13.2 Å². The normalized spacial score (nSPS) is 18.9. The first-order valence-corrected chi connectivity index (χ1v) is 10.5. The molecule has 0 spiro atoms. The van der Waals surface area contributed by atoms with Crippen LogP contribution in [0.2, 0.25) is 0 Å². The molecule has 3 rings (SSSR count). The van der Waals surface area contributed by atoms with Crippen molar-refractivity contribution >= 4 is 21.6 Å². The van der Waals surface area contributed by atoms with E-state index in [1.165, 1.54) is 23.5 Å². The Balaban J connectivity index is 1.72. The van der Waals surface area contributed by atoms with Gasteiger partial charge >= 0.3 is 0 Å². The van der Waals surface area contributed by atoms with Crippen LogP contribution in [0.1, 0.15) is 20.8 Å². The van der Waals surface area contributed by atoms with Crippen molar-refractivity contribution in [2.24, 2.45) is 0 Å². The largest absolute Gasteiger partial charge is 0.482 e. The van der Waals surface area contributed by atoms with Crippen LogP contribution in [0.25, 0.3) is 0 Å². The second kappa shape index (κ2) is 7.81. The molecule has 8 heteroatoms. The maximum atomic E-state index is 12.6. The predicted molar refractivity (Wildman–Crippen MR) is 106 cm³/mol. The quantitative estimate of drug-likeness (QED) is 0.828. The van der Waals surface area contributed by atoms with E-state index in [2.05, 4.69) is 5.32 Å². The number of fused-ring (bicyclic) bond motifs is 1. The number of benzene rings is 2. The molecule has 2 aromatic carbocycles. The lowest BCUT2D eigenvalue weighted by atomic mass is 10.1. The second-order valence-electron chi connectivity index (χ2n) is 6.94. The van der Waals surface area contributed by atoms with Gasteiger partial charge in [0.15, 0.2) is 11.5 Å². The number of hydrogen-bond donors (Lipinski definition) is 1. The van der Waals surface area contributed by atoms with Crippen molar-refractivity contribution in [2.45, 2.75) is 43.9 Å². The average molecular weight is 404 g/mol. The van der Waals surface area contributed by atoms with Crippen LogP contribution in [-0.4, -0.2) is 43.9 Å². The number of rotatable bonds is 5. The number of sulfonamides is 1. The molecule has 0 aromatic heterocycles. The highest BCUT2D eigenvalue weighted by Crippen LogP contribution is 2.33. The molecule has 0 fully saturated rings. The molecule has 2 unspecified atom stereocenters. The summed E-state index contributed by atoms with van der Waals surface area (Å²) in [7, 11) is -2.03. The van der Waals surface area contributed by atoms with Crippen LogP contribution in [0, 0.1) is 0 Å². The third kappa shape index (κ3) is 3.98. The van der Waals surface area contributed by atoms with E-state index >= 15 is 0 Å². The number of carbonyl (C=O) groups excluding carboxylic acids is 1. The maximum absolute atomic E-state index is 12.6. The molecule has 0 bridgehead atoms. The zero-order chi connectivity index (χ0) is 20.5. The first-order valence-electron chi connectivity index (χ1n) is 9.01. The number of carbonyl (C=O) groups is 1. The molecule has 28 heavy (non-hydrogen) atoms. The molecule has 1 aliphatic heterocycles. The first kappa shape index (κ1) is 20.2. The Morgan fingerprint density at radius 1 is 1.04 bits per heavy atom. The molecule has 2 atom stereocenters. The van der Waals surface area contributed by atoms with E-state index < -0.39 is 22.2 Å². The van der Waals surface area contributed by atoms with Crippen LogP contribution in [0.4, 0.5) is 5.69 Å². The summed E-state index contributed by atoms with van der Waals surface area (Å²) >= 11 is 0. The lowest BCUT2D eigenvalue weighted by Crippen LogP contribution is -2.46. The van der Waals surface area contributed by atoms with Crippen molar-refractivity contribution in [3.05, 3.63) is 48.5 Å². The highest BCUT2D eigenvalue weighted by atomic mass is 32.2. The average Bonchev–Trinajstić information content (AvgIpc) is 2.67. The molecule has 0 radical (unpaired) electrons. The Kier molecular flexibility index (Phi) is 5.62. The number of anilines is 1. The lowest BCUT2D eigenvalue weighted by molar-refractivity contribution is -0.128. The highest BCUT2D eigenvalue weighted by molar-refractivity contribution is 7.89. The Hall–Kier alpha value is -2.58. The van der Waals surface area contributed by atoms with Crippen molar-refractivity contribution < 1.29 is 22.7 Å². The second-order valence-corrected chi connectivity index (χ2v) is 8.93. The van der Waals surface area contributed by atoms with E-state index in [-0.39, 0.29) is 16.8 Å². The van der Waals surface area contributed by atoms with Crippen LogP contribution in [0.3, 0.4) is 0 Å². The smallest absolute Gasteiger partial charge is 0.269 e. The molecular formula is C20H24N2O5S. The number of nitrogens with one attached hydrogen (secondary N) is 1. The predicted octanol–water partition coefficient (Wildman–Crippen LogP) is 2.88. The van der Waals surface area contributed by atoms with Gasteiger partial charge in [0.05, 0.1) is 4.90 Å². The highest BCUT2D eigenvalue weighted by Gasteiger charge is 2.34. The number of amides is 1. The van der Waals surface area contributed by atoms with Gasteiger partial charge in [-0.15, -0.1) is 0 Å². The summed E-state index contributed by atoms with van der Waals surface area (Å²) in [6, 6.07) is 13.1. The van der Waals surface area contributed by atoms with Gasteiger partial charge in [0.25, 0.3) is 5.91 Å². The number of ether oxygens (including phenoxy) is 2. The molecule has 150 valence electrons. The van der Waals surface area contributed by atoms with Crippen molar-refractivity contribution in [1.29, 1.82) is 0 Å². The number of nitrogens with zero attached hydrogens (tertiary/aromatic N) is 1. The third-order valence-electron chi connectivity index (χ3n) is 4.63. The number of para-hydroxylation sites is 2. The van der Waals surface area contributed by atoms with Crippen molar-refractivity contribution in [1.82, 2.24) is 4.31 Å². The van der Waals surface area contributed by atoms with Crippen LogP contribution in [-0.2, 0) is 14.8 Å². The Morgan fingerprint density at radius 2 is 1.61 bits per heavy atom. The third-order valence-corrected chi connectivity index (χ3v) is 6.67. The molecule has 1 heterocycles. The zero-order valence-electron chi connectivity index (χ0n) is 16.2. The minimum absolute atomic E-state index is 0.155. The van der Waals surface area contributed by atoms with Gasteiger partial charge in [-0.2, -0.15) is 4.31 Å². The Morgan fingerprint density at radius 3 is 2.18 bits per heavy atom. The van der Waals surface area contributed by atoms with Crippen molar-refractivity contribution in [3.63, 3.8) is 0 Å². The standard InChI is InChI=1S/C20H24N2O5S/c1-13(2)22(4)28(24,25)16-11-9-15(10-12-16)21-20(23)19-14(3)26-17-7-5-6-8-18(17)27-19/h5-14,19H,1-4H3,(H,21,23). The molecule has 0 aliphatic carbocycles. The molecule has 1 N–H and O–H groups in total. The Labute approximate surface area is 165 Å². The fourth-order valence-electron chi connectivity index (χ4n) is 2.77. The van der Waals surface area contributed by atoms with Crippen LogP contribution in [0.5, 0.6) is 11.5 Å². The van der Waals surface area contributed by atoms with Crippen molar-refractivity contribution in [2.75, 3.05) is 12.4 Å². The molecule has 1 aliphatic rings. The molecule has 0 saturated carbocycles. The SMILES string of the molecule is CC1Oc2ccccc2OC1C(=O)Nc1ccc(S(=O)(=O)N(C)C(C)C)cc1. The molecule has 7 nitrogen and oxygen atoms in total. The van der Waals surface area contributed by atoms with Gasteiger partial charge in [0, 0.05) is 18.8 Å². The van der Waals surface area contributed by atoms with Gasteiger partial charge in [0.1, 0.15) is 6.10 Å². The Bertz CT molecular complexity index is 957. The monoisotopic (exact) mass is 404 g/mol. The summed E-state index contributed by atoms with van der Waals surface area (Å²) in [6.45, 7) is 5.37. The van der Waals surface area contributed by atoms with Crippen LogP contribution >= 0.6 is 0 Å². The summed E-state index contributed by atoms with van der Waals surface area (Å²) in [5, 5.41) is 2.75.